The summed E-state index contributed by atoms with van der Waals surface area (Å²) in [6, 6.07) is 0. The molecule has 2 unspecified atom stereocenters. The van der Waals surface area contributed by atoms with Crippen LogP contribution in [0.4, 0.5) is 0 Å². The number of hydrogen-bond acceptors (Lipinski definition) is 2. The second kappa shape index (κ2) is 9.47. The second-order valence-electron chi connectivity index (χ2n) is 4.17. The van der Waals surface area contributed by atoms with Gasteiger partial charge in [0.25, 0.3) is 0 Å². The van der Waals surface area contributed by atoms with E-state index in [9.17, 15) is 0 Å². The van der Waals surface area contributed by atoms with Gasteiger partial charge in [-0.05, 0) is 24.7 Å². The van der Waals surface area contributed by atoms with E-state index in [2.05, 4.69) is 13.8 Å². The molecule has 86 valence electrons. The van der Waals surface area contributed by atoms with Gasteiger partial charge in [-0.1, -0.05) is 39.5 Å². The fraction of sp³-hybridized carbons (Fsp3) is 1.00. The molecule has 2 atom stereocenters. The molecule has 0 amide bonds. The highest BCUT2D eigenvalue weighted by Crippen LogP contribution is 2.19. The molecule has 0 aromatic rings. The Morgan fingerprint density at radius 3 is 1.86 bits per heavy atom. The van der Waals surface area contributed by atoms with Gasteiger partial charge in [-0.2, -0.15) is 0 Å². The molecule has 0 saturated heterocycles. The minimum Gasteiger partial charge on any atom is -0.396 e. The molecule has 0 spiro atoms. The van der Waals surface area contributed by atoms with E-state index in [0.29, 0.717) is 25.0 Å². The number of hydrogen-bond donors (Lipinski definition) is 2. The van der Waals surface area contributed by atoms with E-state index in [1.807, 2.05) is 0 Å². The monoisotopic (exact) mass is 202 g/mol. The Bertz CT molecular complexity index is 111. The van der Waals surface area contributed by atoms with Crippen LogP contribution in [0.25, 0.3) is 0 Å². The number of aliphatic hydroxyl groups is 2. The van der Waals surface area contributed by atoms with Crippen molar-refractivity contribution in [1.82, 2.24) is 0 Å². The van der Waals surface area contributed by atoms with Crippen LogP contribution in [0, 0.1) is 11.8 Å². The summed E-state index contributed by atoms with van der Waals surface area (Å²) < 4.78 is 0. The Balaban J connectivity index is 3.48. The Hall–Kier alpha value is -0.0800. The van der Waals surface area contributed by atoms with E-state index in [1.54, 1.807) is 0 Å². The molecule has 14 heavy (non-hydrogen) atoms. The zero-order valence-corrected chi connectivity index (χ0v) is 9.71. The van der Waals surface area contributed by atoms with Crippen LogP contribution in [-0.4, -0.2) is 23.4 Å². The Kier molecular flexibility index (Phi) is 9.42. The van der Waals surface area contributed by atoms with Crippen LogP contribution in [0.2, 0.25) is 0 Å². The average molecular weight is 202 g/mol. The minimum atomic E-state index is 0.315. The fourth-order valence-electron chi connectivity index (χ4n) is 1.85. The van der Waals surface area contributed by atoms with Crippen molar-refractivity contribution >= 4 is 0 Å². The van der Waals surface area contributed by atoms with E-state index in [-0.39, 0.29) is 0 Å². The van der Waals surface area contributed by atoms with Crippen molar-refractivity contribution in [2.45, 2.75) is 52.4 Å². The maximum atomic E-state index is 9.01. The molecular formula is C12H26O2. The van der Waals surface area contributed by atoms with Gasteiger partial charge in [-0.25, -0.2) is 0 Å². The summed E-state index contributed by atoms with van der Waals surface area (Å²) in [7, 11) is 0. The van der Waals surface area contributed by atoms with Gasteiger partial charge >= 0.3 is 0 Å². The molecule has 0 aromatic heterocycles. The lowest BCUT2D eigenvalue weighted by atomic mass is 9.92. The largest absolute Gasteiger partial charge is 0.396 e. The Morgan fingerprint density at radius 2 is 1.43 bits per heavy atom. The van der Waals surface area contributed by atoms with E-state index in [0.717, 1.165) is 25.7 Å². The lowest BCUT2D eigenvalue weighted by molar-refractivity contribution is 0.205. The van der Waals surface area contributed by atoms with Gasteiger partial charge in [0, 0.05) is 13.2 Å². The van der Waals surface area contributed by atoms with Crippen molar-refractivity contribution in [3.8, 4) is 0 Å². The minimum absolute atomic E-state index is 0.315. The van der Waals surface area contributed by atoms with Gasteiger partial charge in [0.2, 0.25) is 0 Å². The molecule has 0 rings (SSSR count). The molecule has 0 saturated carbocycles. The molecule has 2 heteroatoms. The zero-order chi connectivity index (χ0) is 10.8. The predicted octanol–water partition coefficient (Wildman–Crippen LogP) is 2.58. The van der Waals surface area contributed by atoms with Crippen LogP contribution in [0.5, 0.6) is 0 Å². The quantitative estimate of drug-likeness (QED) is 0.603. The smallest absolute Gasteiger partial charge is 0.0459 e. The van der Waals surface area contributed by atoms with E-state index < -0.39 is 0 Å². The molecule has 0 bridgehead atoms. The summed E-state index contributed by atoms with van der Waals surface area (Å²) in [6.07, 6.45) is 6.70. The molecule has 0 aliphatic rings. The van der Waals surface area contributed by atoms with Gasteiger partial charge in [-0.3, -0.25) is 0 Å². The van der Waals surface area contributed by atoms with Crippen LogP contribution in [-0.2, 0) is 0 Å². The van der Waals surface area contributed by atoms with Crippen molar-refractivity contribution in [3.63, 3.8) is 0 Å². The molecule has 0 aliphatic carbocycles. The third-order valence-electron chi connectivity index (χ3n) is 3.17. The third-order valence-corrected chi connectivity index (χ3v) is 3.17. The maximum absolute atomic E-state index is 9.01. The highest BCUT2D eigenvalue weighted by molar-refractivity contribution is 4.60. The molecule has 2 N–H and O–H groups in total. The lowest BCUT2D eigenvalue weighted by Crippen LogP contribution is -2.07. The topological polar surface area (TPSA) is 40.5 Å². The SMILES string of the molecule is CCC(CO)CCCC(CC)CCO. The molecular weight excluding hydrogens is 176 g/mol. The van der Waals surface area contributed by atoms with Gasteiger partial charge in [-0.15, -0.1) is 0 Å². The molecule has 0 heterocycles. The van der Waals surface area contributed by atoms with Crippen molar-refractivity contribution in [1.29, 1.82) is 0 Å². The summed E-state index contributed by atoms with van der Waals surface area (Å²) in [5, 5.41) is 17.8. The van der Waals surface area contributed by atoms with Crippen LogP contribution in [0.15, 0.2) is 0 Å². The first kappa shape index (κ1) is 13.9. The van der Waals surface area contributed by atoms with Crippen LogP contribution in [0.1, 0.15) is 52.4 Å². The molecule has 0 fully saturated rings. The summed E-state index contributed by atoms with van der Waals surface area (Å²) >= 11 is 0. The van der Waals surface area contributed by atoms with Gasteiger partial charge in [0.1, 0.15) is 0 Å². The first-order chi connectivity index (χ1) is 6.78. The third kappa shape index (κ3) is 6.39. The second-order valence-corrected chi connectivity index (χ2v) is 4.17. The van der Waals surface area contributed by atoms with E-state index in [1.165, 1.54) is 12.8 Å². The van der Waals surface area contributed by atoms with Crippen LogP contribution >= 0.6 is 0 Å². The van der Waals surface area contributed by atoms with E-state index in [4.69, 9.17) is 10.2 Å². The normalized spacial score (nSPS) is 15.4. The van der Waals surface area contributed by atoms with Gasteiger partial charge in [0.15, 0.2) is 0 Å². The Labute approximate surface area is 88.3 Å². The van der Waals surface area contributed by atoms with Crippen LogP contribution in [0.3, 0.4) is 0 Å². The number of aliphatic hydroxyl groups excluding tert-OH is 2. The van der Waals surface area contributed by atoms with Crippen LogP contribution < -0.4 is 0 Å². The number of rotatable bonds is 9. The first-order valence-electron chi connectivity index (χ1n) is 6.00. The lowest BCUT2D eigenvalue weighted by Gasteiger charge is -2.15. The Morgan fingerprint density at radius 1 is 0.857 bits per heavy atom. The predicted molar refractivity (Wildman–Crippen MR) is 60.2 cm³/mol. The molecule has 0 aromatic carbocycles. The highest BCUT2D eigenvalue weighted by atomic mass is 16.3. The summed E-state index contributed by atoms with van der Waals surface area (Å²) in [6.45, 7) is 4.96. The summed E-state index contributed by atoms with van der Waals surface area (Å²) in [4.78, 5) is 0. The first-order valence-corrected chi connectivity index (χ1v) is 6.00. The molecule has 2 nitrogen and oxygen atoms in total. The maximum Gasteiger partial charge on any atom is 0.0459 e. The zero-order valence-electron chi connectivity index (χ0n) is 9.71. The fourth-order valence-corrected chi connectivity index (χ4v) is 1.85. The van der Waals surface area contributed by atoms with Crippen molar-refractivity contribution < 1.29 is 10.2 Å². The highest BCUT2D eigenvalue weighted by Gasteiger charge is 2.08. The standard InChI is InChI=1S/C12H26O2/c1-3-11(8-9-13)6-5-7-12(4-2)10-14/h11-14H,3-10H2,1-2H3. The van der Waals surface area contributed by atoms with Crippen molar-refractivity contribution in [3.05, 3.63) is 0 Å². The average Bonchev–Trinajstić information content (AvgIpc) is 2.23. The van der Waals surface area contributed by atoms with Crippen molar-refractivity contribution in [2.24, 2.45) is 11.8 Å². The van der Waals surface area contributed by atoms with Gasteiger partial charge in [0.05, 0.1) is 0 Å². The summed E-state index contributed by atoms with van der Waals surface area (Å²) in [5.74, 6) is 1.16. The summed E-state index contributed by atoms with van der Waals surface area (Å²) in [5.41, 5.74) is 0. The molecule has 0 radical (unpaired) electrons. The molecule has 0 aliphatic heterocycles. The van der Waals surface area contributed by atoms with Gasteiger partial charge < -0.3 is 10.2 Å². The van der Waals surface area contributed by atoms with Crippen molar-refractivity contribution in [2.75, 3.05) is 13.2 Å². The van der Waals surface area contributed by atoms with E-state index >= 15 is 0 Å².